The number of aryl methyl sites for hydroxylation is 2. The summed E-state index contributed by atoms with van der Waals surface area (Å²) in [6.45, 7) is 4.55. The van der Waals surface area contributed by atoms with E-state index in [1.54, 1.807) is 6.92 Å². The van der Waals surface area contributed by atoms with E-state index in [0.717, 1.165) is 50.1 Å². The van der Waals surface area contributed by atoms with Gasteiger partial charge in [0.05, 0.1) is 24.5 Å². The van der Waals surface area contributed by atoms with Crippen molar-refractivity contribution in [3.63, 3.8) is 0 Å². The van der Waals surface area contributed by atoms with Crippen LogP contribution in [0.25, 0.3) is 16.7 Å². The van der Waals surface area contributed by atoms with E-state index < -0.39 is 0 Å². The van der Waals surface area contributed by atoms with Gasteiger partial charge in [-0.2, -0.15) is 10.2 Å². The van der Waals surface area contributed by atoms with Gasteiger partial charge in [-0.05, 0) is 36.0 Å². The Balaban J connectivity index is 1.43. The van der Waals surface area contributed by atoms with Gasteiger partial charge in [0, 0.05) is 68.7 Å². The van der Waals surface area contributed by atoms with Gasteiger partial charge in [0.25, 0.3) is 0 Å². The molecule has 1 unspecified atom stereocenters. The van der Waals surface area contributed by atoms with Crippen molar-refractivity contribution in [2.45, 2.75) is 45.2 Å². The van der Waals surface area contributed by atoms with Crippen LogP contribution in [0.15, 0.2) is 36.7 Å². The van der Waals surface area contributed by atoms with Crippen molar-refractivity contribution in [2.75, 3.05) is 19.8 Å². The summed E-state index contributed by atoms with van der Waals surface area (Å²) in [6.07, 6.45) is 10.2. The quantitative estimate of drug-likeness (QED) is 0.621. The first-order valence-corrected chi connectivity index (χ1v) is 11.8. The Kier molecular flexibility index (Phi) is 4.94. The second-order valence-corrected chi connectivity index (χ2v) is 9.36. The molecule has 4 heterocycles. The number of ether oxygens (including phenoxy) is 1. The van der Waals surface area contributed by atoms with Crippen molar-refractivity contribution in [1.29, 1.82) is 0 Å². The van der Waals surface area contributed by atoms with E-state index in [-0.39, 0.29) is 11.9 Å². The van der Waals surface area contributed by atoms with Crippen LogP contribution in [0.4, 0.5) is 0 Å². The molecule has 0 N–H and O–H groups in total. The summed E-state index contributed by atoms with van der Waals surface area (Å²) in [4.78, 5) is 14.1. The van der Waals surface area contributed by atoms with Crippen LogP contribution < -0.4 is 0 Å². The maximum atomic E-state index is 12.2. The fraction of sp³-hybridized carbons (Fsp3) is 0.423. The van der Waals surface area contributed by atoms with Crippen LogP contribution in [-0.2, 0) is 36.0 Å². The van der Waals surface area contributed by atoms with Gasteiger partial charge in [-0.3, -0.25) is 14.2 Å². The summed E-state index contributed by atoms with van der Waals surface area (Å²) in [7, 11) is 1.95. The van der Waals surface area contributed by atoms with E-state index in [0.29, 0.717) is 13.2 Å². The van der Waals surface area contributed by atoms with Crippen molar-refractivity contribution in [2.24, 2.45) is 7.05 Å². The number of carbonyl (C=O) groups is 1. The van der Waals surface area contributed by atoms with E-state index in [1.807, 2.05) is 22.8 Å². The molecule has 1 saturated heterocycles. The molecular weight excluding hydrogens is 414 g/mol. The molecule has 1 aliphatic carbocycles. The van der Waals surface area contributed by atoms with Gasteiger partial charge in [0.2, 0.25) is 5.91 Å². The van der Waals surface area contributed by atoms with Crippen LogP contribution >= 0.6 is 0 Å². The average Bonchev–Trinajstić information content (AvgIpc) is 3.57. The molecule has 3 aliphatic rings. The number of nitrogens with zero attached hydrogens (tertiary/aromatic N) is 5. The van der Waals surface area contributed by atoms with Gasteiger partial charge >= 0.3 is 0 Å². The summed E-state index contributed by atoms with van der Waals surface area (Å²) >= 11 is 0. The summed E-state index contributed by atoms with van der Waals surface area (Å²) in [5, 5.41) is 9.52. The molecule has 1 aromatic carbocycles. The van der Waals surface area contributed by atoms with E-state index in [1.165, 1.54) is 33.5 Å². The summed E-state index contributed by atoms with van der Waals surface area (Å²) < 4.78 is 9.74. The summed E-state index contributed by atoms with van der Waals surface area (Å²) in [5.41, 5.74) is 9.66. The molecule has 0 radical (unpaired) electrons. The Morgan fingerprint density at radius 3 is 2.88 bits per heavy atom. The molecule has 170 valence electrons. The van der Waals surface area contributed by atoms with Gasteiger partial charge in [-0.15, -0.1) is 0 Å². The number of fused-ring (bicyclic) bond motifs is 2. The SMILES string of the molecule is CC(=O)N1CCc2c(c(C3=CCCc4cc(-c5cnn(C)c5)ccc43)nn2C2CCOC2)C1. The molecular formula is C26H29N5O2. The van der Waals surface area contributed by atoms with Crippen molar-refractivity contribution in [3.8, 4) is 11.1 Å². The average molecular weight is 444 g/mol. The number of allylic oxidation sites excluding steroid dienone is 1. The number of aromatic nitrogens is 4. The molecule has 2 aliphatic heterocycles. The Hall–Kier alpha value is -3.19. The lowest BCUT2D eigenvalue weighted by molar-refractivity contribution is -0.129. The maximum absolute atomic E-state index is 12.2. The smallest absolute Gasteiger partial charge is 0.219 e. The van der Waals surface area contributed by atoms with Gasteiger partial charge in [0.15, 0.2) is 0 Å². The molecule has 7 heteroatoms. The zero-order chi connectivity index (χ0) is 22.5. The summed E-state index contributed by atoms with van der Waals surface area (Å²) in [6, 6.07) is 7.01. The van der Waals surface area contributed by atoms with Crippen LogP contribution in [0.2, 0.25) is 0 Å². The molecule has 0 bridgehead atoms. The first-order chi connectivity index (χ1) is 16.1. The molecule has 0 spiro atoms. The van der Waals surface area contributed by atoms with Gasteiger partial charge in [0.1, 0.15) is 0 Å². The fourth-order valence-corrected chi connectivity index (χ4v) is 5.47. The highest BCUT2D eigenvalue weighted by Crippen LogP contribution is 2.38. The van der Waals surface area contributed by atoms with E-state index in [9.17, 15) is 4.79 Å². The third-order valence-electron chi connectivity index (χ3n) is 7.23. The highest BCUT2D eigenvalue weighted by molar-refractivity contribution is 5.84. The molecule has 2 aromatic heterocycles. The molecule has 0 saturated carbocycles. The highest BCUT2D eigenvalue weighted by Gasteiger charge is 2.32. The number of hydrogen-bond acceptors (Lipinski definition) is 4. The molecule has 7 nitrogen and oxygen atoms in total. The molecule has 1 amide bonds. The first kappa shape index (κ1) is 20.4. The number of hydrogen-bond donors (Lipinski definition) is 0. The van der Waals surface area contributed by atoms with E-state index in [2.05, 4.69) is 40.3 Å². The van der Waals surface area contributed by atoms with Crippen LogP contribution in [-0.4, -0.2) is 50.1 Å². The number of benzene rings is 1. The Bertz CT molecular complexity index is 1260. The van der Waals surface area contributed by atoms with Crippen molar-refractivity contribution in [3.05, 3.63) is 64.7 Å². The maximum Gasteiger partial charge on any atom is 0.219 e. The largest absolute Gasteiger partial charge is 0.379 e. The monoisotopic (exact) mass is 443 g/mol. The minimum absolute atomic E-state index is 0.127. The summed E-state index contributed by atoms with van der Waals surface area (Å²) in [5.74, 6) is 0.127. The van der Waals surface area contributed by atoms with E-state index in [4.69, 9.17) is 9.84 Å². The van der Waals surface area contributed by atoms with Crippen LogP contribution in [0.3, 0.4) is 0 Å². The molecule has 1 fully saturated rings. The minimum atomic E-state index is 0.127. The zero-order valence-electron chi connectivity index (χ0n) is 19.3. The lowest BCUT2D eigenvalue weighted by Gasteiger charge is -2.28. The fourth-order valence-electron chi connectivity index (χ4n) is 5.47. The van der Waals surface area contributed by atoms with Gasteiger partial charge in [-0.1, -0.05) is 24.3 Å². The number of rotatable bonds is 3. The second-order valence-electron chi connectivity index (χ2n) is 9.36. The van der Waals surface area contributed by atoms with Crippen LogP contribution in [0.1, 0.15) is 53.9 Å². The lowest BCUT2D eigenvalue weighted by atomic mass is 9.85. The minimum Gasteiger partial charge on any atom is -0.379 e. The first-order valence-electron chi connectivity index (χ1n) is 11.8. The van der Waals surface area contributed by atoms with Crippen LogP contribution in [0, 0.1) is 0 Å². The predicted molar refractivity (Wildman–Crippen MR) is 126 cm³/mol. The molecule has 3 aromatic rings. The Labute approximate surface area is 193 Å². The molecule has 6 rings (SSSR count). The Morgan fingerprint density at radius 1 is 1.21 bits per heavy atom. The predicted octanol–water partition coefficient (Wildman–Crippen LogP) is 3.53. The van der Waals surface area contributed by atoms with Crippen molar-refractivity contribution in [1.82, 2.24) is 24.5 Å². The number of amides is 1. The van der Waals surface area contributed by atoms with Crippen LogP contribution in [0.5, 0.6) is 0 Å². The van der Waals surface area contributed by atoms with Gasteiger partial charge in [-0.25, -0.2) is 0 Å². The van der Waals surface area contributed by atoms with E-state index >= 15 is 0 Å². The van der Waals surface area contributed by atoms with Gasteiger partial charge < -0.3 is 9.64 Å². The lowest BCUT2D eigenvalue weighted by Crippen LogP contribution is -2.35. The number of carbonyl (C=O) groups excluding carboxylic acids is 1. The molecule has 33 heavy (non-hydrogen) atoms. The normalized spacial score (nSPS) is 19.9. The third-order valence-corrected chi connectivity index (χ3v) is 7.23. The second kappa shape index (κ2) is 7.99. The van der Waals surface area contributed by atoms with Crippen molar-refractivity contribution >= 4 is 11.5 Å². The topological polar surface area (TPSA) is 65.2 Å². The third kappa shape index (κ3) is 3.51. The van der Waals surface area contributed by atoms with Crippen molar-refractivity contribution < 1.29 is 9.53 Å². The molecule has 1 atom stereocenters. The standard InChI is InChI=1S/C26H29N5O2/c1-17(32)30-10-8-25-24(15-30)26(28-31(25)21-9-11-33-16-21)23-5-3-4-19-12-18(6-7-22(19)23)20-13-27-29(2)14-20/h5-7,12-14,21H,3-4,8-11,15-16H2,1-2H3. The highest BCUT2D eigenvalue weighted by atomic mass is 16.5. The Morgan fingerprint density at radius 2 is 2.12 bits per heavy atom. The zero-order valence-corrected chi connectivity index (χ0v) is 19.3.